The number of hydrogen-bond donors (Lipinski definition) is 2. The second kappa shape index (κ2) is 13.1. The van der Waals surface area contributed by atoms with E-state index in [1.54, 1.807) is 4.52 Å². The summed E-state index contributed by atoms with van der Waals surface area (Å²) in [6.45, 7) is 8.83. The smallest absolute Gasteiger partial charge is 0.165 e. The third-order valence-corrected chi connectivity index (χ3v) is 14.8. The molecule has 0 amide bonds. The first kappa shape index (κ1) is 32.9. The zero-order valence-corrected chi connectivity index (χ0v) is 30.5. The van der Waals surface area contributed by atoms with Gasteiger partial charge >= 0.3 is 0 Å². The number of ether oxygens (including phenoxy) is 1. The van der Waals surface area contributed by atoms with E-state index in [0.717, 1.165) is 122 Å². The first-order chi connectivity index (χ1) is 23.3. The second-order valence-electron chi connectivity index (χ2n) is 16.5. The second-order valence-corrected chi connectivity index (χ2v) is 17.3. The fourth-order valence-corrected chi connectivity index (χ4v) is 11.8. The maximum absolute atomic E-state index is 12.3. The molecule has 8 atom stereocenters. The SMILES string of the molecule is C[C@]12CCC(=O)C[C@@H]1CC[C@@H]1[C@@H]2CC[C@]2(C)[C@@H](OCCCCCn3cc(-c4cnn5c(N)c(Br)c([C@@H]6CCCNC6)nc45)cn3)CC[C@@H]12. The Morgan fingerprint density at radius 2 is 1.90 bits per heavy atom. The van der Waals surface area contributed by atoms with Crippen LogP contribution in [-0.2, 0) is 16.1 Å². The van der Waals surface area contributed by atoms with Crippen molar-refractivity contribution >= 4 is 33.2 Å². The minimum absolute atomic E-state index is 0.322. The Hall–Kier alpha value is -2.30. The molecule has 4 saturated carbocycles. The highest BCUT2D eigenvalue weighted by molar-refractivity contribution is 9.10. The first-order valence-electron chi connectivity index (χ1n) is 19.0. The summed E-state index contributed by atoms with van der Waals surface area (Å²) in [5, 5.41) is 12.8. The molecule has 0 radical (unpaired) electrons. The third-order valence-electron chi connectivity index (χ3n) is 14.0. The van der Waals surface area contributed by atoms with Gasteiger partial charge in [0.05, 0.1) is 28.7 Å². The van der Waals surface area contributed by atoms with Crippen molar-refractivity contribution in [3.8, 4) is 11.1 Å². The molecule has 8 rings (SSSR count). The maximum atomic E-state index is 12.3. The highest BCUT2D eigenvalue weighted by Gasteiger charge is 2.60. The molecule has 4 heterocycles. The van der Waals surface area contributed by atoms with Crippen LogP contribution >= 0.6 is 15.9 Å². The van der Waals surface area contributed by atoms with E-state index in [1.165, 1.54) is 38.5 Å². The van der Waals surface area contributed by atoms with Gasteiger partial charge in [-0.15, -0.1) is 0 Å². The molecule has 5 aliphatic rings. The van der Waals surface area contributed by atoms with Crippen LogP contribution in [0, 0.1) is 34.5 Å². The molecule has 260 valence electrons. The van der Waals surface area contributed by atoms with E-state index in [9.17, 15) is 4.79 Å². The molecule has 5 fully saturated rings. The Morgan fingerprint density at radius 3 is 2.75 bits per heavy atom. The minimum Gasteiger partial charge on any atom is -0.383 e. The molecule has 3 aromatic heterocycles. The number of aromatic nitrogens is 5. The van der Waals surface area contributed by atoms with Crippen LogP contribution in [0.1, 0.15) is 115 Å². The molecular formula is C38H54BrN7O2. The Labute approximate surface area is 293 Å². The lowest BCUT2D eigenvalue weighted by Crippen LogP contribution is -2.54. The predicted molar refractivity (Wildman–Crippen MR) is 191 cm³/mol. The average molecular weight is 721 g/mol. The minimum atomic E-state index is 0.322. The Morgan fingerprint density at radius 1 is 1.02 bits per heavy atom. The monoisotopic (exact) mass is 719 g/mol. The Bertz CT molecular complexity index is 1650. The Balaban J connectivity index is 0.830. The van der Waals surface area contributed by atoms with Gasteiger partial charge in [-0.2, -0.15) is 14.7 Å². The lowest BCUT2D eigenvalue weighted by molar-refractivity contribution is -0.145. The number of aryl methyl sites for hydroxylation is 1. The van der Waals surface area contributed by atoms with Crippen molar-refractivity contribution in [2.24, 2.45) is 34.5 Å². The largest absolute Gasteiger partial charge is 0.383 e. The summed E-state index contributed by atoms with van der Waals surface area (Å²) in [5.41, 5.74) is 11.0. The van der Waals surface area contributed by atoms with Crippen LogP contribution in [0.25, 0.3) is 16.8 Å². The molecule has 48 heavy (non-hydrogen) atoms. The van der Waals surface area contributed by atoms with Crippen molar-refractivity contribution in [2.75, 3.05) is 25.4 Å². The fraction of sp³-hybridized carbons (Fsp3) is 0.737. The number of carbonyl (C=O) groups excluding carboxylic acids is 1. The molecule has 10 heteroatoms. The van der Waals surface area contributed by atoms with E-state index in [1.807, 2.05) is 17.1 Å². The Kier molecular flexibility index (Phi) is 8.98. The summed E-state index contributed by atoms with van der Waals surface area (Å²) in [6, 6.07) is 0. The number of nitrogen functional groups attached to an aromatic ring is 1. The van der Waals surface area contributed by atoms with Gasteiger partial charge in [0, 0.05) is 55.8 Å². The van der Waals surface area contributed by atoms with Crippen LogP contribution in [0.15, 0.2) is 23.1 Å². The van der Waals surface area contributed by atoms with E-state index in [4.69, 9.17) is 15.5 Å². The topological polar surface area (TPSA) is 112 Å². The summed E-state index contributed by atoms with van der Waals surface area (Å²) < 4.78 is 11.4. The number of piperidine rings is 1. The van der Waals surface area contributed by atoms with Crippen LogP contribution < -0.4 is 11.1 Å². The molecule has 9 nitrogen and oxygen atoms in total. The van der Waals surface area contributed by atoms with Gasteiger partial charge in [0.2, 0.25) is 0 Å². The number of hydrogen-bond acceptors (Lipinski definition) is 7. The molecule has 1 aliphatic heterocycles. The van der Waals surface area contributed by atoms with E-state index in [0.29, 0.717) is 40.4 Å². The molecule has 3 N–H and O–H groups in total. The summed E-state index contributed by atoms with van der Waals surface area (Å²) >= 11 is 3.70. The number of nitrogens with zero attached hydrogens (tertiary/aromatic N) is 5. The van der Waals surface area contributed by atoms with Crippen LogP contribution in [-0.4, -0.2) is 56.0 Å². The average Bonchev–Trinajstić information content (AvgIpc) is 3.82. The molecule has 0 bridgehead atoms. The number of fused-ring (bicyclic) bond motifs is 6. The predicted octanol–water partition coefficient (Wildman–Crippen LogP) is 7.57. The van der Waals surface area contributed by atoms with Crippen molar-refractivity contribution in [1.82, 2.24) is 29.7 Å². The number of rotatable bonds is 9. The van der Waals surface area contributed by atoms with Crippen molar-refractivity contribution in [3.63, 3.8) is 0 Å². The molecule has 0 unspecified atom stereocenters. The third kappa shape index (κ3) is 5.66. The molecular weight excluding hydrogens is 666 g/mol. The van der Waals surface area contributed by atoms with Gasteiger partial charge < -0.3 is 15.8 Å². The molecule has 3 aromatic rings. The van der Waals surface area contributed by atoms with Gasteiger partial charge in [-0.1, -0.05) is 13.8 Å². The molecule has 4 aliphatic carbocycles. The lowest BCUT2D eigenvalue weighted by Gasteiger charge is -2.60. The van der Waals surface area contributed by atoms with E-state index in [2.05, 4.69) is 51.5 Å². The van der Waals surface area contributed by atoms with Gasteiger partial charge in [-0.05, 0) is 134 Å². The molecule has 0 spiro atoms. The molecule has 0 aromatic carbocycles. The van der Waals surface area contributed by atoms with Crippen LogP contribution in [0.3, 0.4) is 0 Å². The van der Waals surface area contributed by atoms with Gasteiger partial charge in [0.25, 0.3) is 0 Å². The molecule has 1 saturated heterocycles. The number of halogens is 1. The number of anilines is 1. The van der Waals surface area contributed by atoms with Gasteiger partial charge in [-0.25, -0.2) is 4.98 Å². The van der Waals surface area contributed by atoms with Crippen molar-refractivity contribution in [2.45, 2.75) is 122 Å². The first-order valence-corrected chi connectivity index (χ1v) is 19.7. The standard InChI is InChI=1S/C38H54BrN7O2/c1-37-14-12-27(47)19-26(37)8-9-28-30-10-11-32(38(30,2)15-13-31(28)37)48-18-5-3-4-17-45-23-25(21-42-45)29-22-43-46-35(40)33(39)34(44-36(29)46)24-7-6-16-41-20-24/h21-24,26,28,30-32,41H,3-20,40H2,1-2H3/t24-,26+,28+,30+,31+,32+,37+,38+/m1/s1. The summed E-state index contributed by atoms with van der Waals surface area (Å²) in [7, 11) is 0. The zero-order chi connectivity index (χ0) is 33.0. The van der Waals surface area contributed by atoms with E-state index >= 15 is 0 Å². The number of Topliss-reactive ketones (excluding diaryl/α,β-unsaturated/α-hetero) is 1. The van der Waals surface area contributed by atoms with Crippen LogP contribution in [0.4, 0.5) is 5.82 Å². The number of ketones is 1. The van der Waals surface area contributed by atoms with E-state index < -0.39 is 0 Å². The highest BCUT2D eigenvalue weighted by Crippen LogP contribution is 2.66. The van der Waals surface area contributed by atoms with Crippen molar-refractivity contribution in [1.29, 1.82) is 0 Å². The van der Waals surface area contributed by atoms with Crippen molar-refractivity contribution < 1.29 is 9.53 Å². The van der Waals surface area contributed by atoms with Gasteiger partial charge in [-0.3, -0.25) is 9.48 Å². The number of carbonyl (C=O) groups is 1. The maximum Gasteiger partial charge on any atom is 0.165 e. The number of nitrogens with two attached hydrogens (primary N) is 1. The summed E-state index contributed by atoms with van der Waals surface area (Å²) in [4.78, 5) is 17.3. The zero-order valence-electron chi connectivity index (χ0n) is 28.9. The van der Waals surface area contributed by atoms with Crippen molar-refractivity contribution in [3.05, 3.63) is 28.8 Å². The quantitative estimate of drug-likeness (QED) is 0.219. The van der Waals surface area contributed by atoms with Crippen LogP contribution in [0.5, 0.6) is 0 Å². The highest BCUT2D eigenvalue weighted by atomic mass is 79.9. The lowest BCUT2D eigenvalue weighted by atomic mass is 9.45. The summed E-state index contributed by atoms with van der Waals surface area (Å²) in [6.07, 6.45) is 22.4. The van der Waals surface area contributed by atoms with Gasteiger partial charge in [0.15, 0.2) is 5.65 Å². The number of nitrogens with one attached hydrogen (secondary N) is 1. The van der Waals surface area contributed by atoms with Crippen LogP contribution in [0.2, 0.25) is 0 Å². The summed E-state index contributed by atoms with van der Waals surface area (Å²) in [5.74, 6) is 4.51. The fourth-order valence-electron chi connectivity index (χ4n) is 11.2. The normalized spacial score (nSPS) is 35.0. The van der Waals surface area contributed by atoms with Gasteiger partial charge in [0.1, 0.15) is 11.6 Å². The van der Waals surface area contributed by atoms with E-state index in [-0.39, 0.29) is 0 Å². The number of unbranched alkanes of at least 4 members (excludes halogenated alkanes) is 2.